The average molecular weight is 296 g/mol. The van der Waals surface area contributed by atoms with Gasteiger partial charge in [0.1, 0.15) is 6.10 Å². The van der Waals surface area contributed by atoms with Gasteiger partial charge in [0.25, 0.3) is 0 Å². The van der Waals surface area contributed by atoms with E-state index in [4.69, 9.17) is 14.6 Å². The first kappa shape index (κ1) is 16.8. The van der Waals surface area contributed by atoms with Crippen molar-refractivity contribution in [3.05, 3.63) is 0 Å². The molecular formula is C17H32N2O2. The summed E-state index contributed by atoms with van der Waals surface area (Å²) in [5.74, 6) is 0. The Morgan fingerprint density at radius 2 is 2.05 bits per heavy atom. The van der Waals surface area contributed by atoms with Crippen LogP contribution in [0, 0.1) is 0 Å². The number of ether oxygens (including phenoxy) is 2. The van der Waals surface area contributed by atoms with Crippen molar-refractivity contribution in [3.8, 4) is 0 Å². The third kappa shape index (κ3) is 5.26. The van der Waals surface area contributed by atoms with Crippen LogP contribution >= 0.6 is 0 Å². The predicted molar refractivity (Wildman–Crippen MR) is 86.8 cm³/mol. The van der Waals surface area contributed by atoms with E-state index in [1.165, 1.54) is 57.1 Å². The van der Waals surface area contributed by atoms with Crippen LogP contribution in [0.2, 0.25) is 0 Å². The normalized spacial score (nSPS) is 27.3. The summed E-state index contributed by atoms with van der Waals surface area (Å²) in [5, 5.41) is 7.07. The van der Waals surface area contributed by atoms with Crippen LogP contribution in [0.25, 0.3) is 0 Å². The van der Waals surface area contributed by atoms with E-state index in [0.29, 0.717) is 12.1 Å². The van der Waals surface area contributed by atoms with Gasteiger partial charge in [0, 0.05) is 13.7 Å². The highest BCUT2D eigenvalue weighted by Crippen LogP contribution is 2.22. The average Bonchev–Trinajstić information content (AvgIpc) is 2.90. The van der Waals surface area contributed by atoms with Gasteiger partial charge >= 0.3 is 0 Å². The third-order valence-electron chi connectivity index (χ3n) is 4.59. The molecule has 0 amide bonds. The van der Waals surface area contributed by atoms with Crippen molar-refractivity contribution in [2.45, 2.75) is 76.9 Å². The maximum atomic E-state index is 5.69. The SMILES string of the molecule is CCCCCCCC[C@@H]1OC/C1=N\N1CCC[C@H]1COC. The Bertz CT molecular complexity index is 320. The molecule has 21 heavy (non-hydrogen) atoms. The molecule has 2 aliphatic heterocycles. The summed E-state index contributed by atoms with van der Waals surface area (Å²) in [6, 6.07) is 0.470. The summed E-state index contributed by atoms with van der Waals surface area (Å²) < 4.78 is 11.0. The van der Waals surface area contributed by atoms with Crippen molar-refractivity contribution >= 4 is 5.71 Å². The monoisotopic (exact) mass is 296 g/mol. The first-order valence-corrected chi connectivity index (χ1v) is 8.79. The van der Waals surface area contributed by atoms with Crippen molar-refractivity contribution < 1.29 is 9.47 Å². The summed E-state index contributed by atoms with van der Waals surface area (Å²) in [4.78, 5) is 0. The lowest BCUT2D eigenvalue weighted by molar-refractivity contribution is 0.0571. The van der Waals surface area contributed by atoms with E-state index in [1.54, 1.807) is 7.11 Å². The Morgan fingerprint density at radius 3 is 2.76 bits per heavy atom. The van der Waals surface area contributed by atoms with Gasteiger partial charge in [-0.05, 0) is 19.3 Å². The van der Waals surface area contributed by atoms with Crippen molar-refractivity contribution in [1.82, 2.24) is 5.01 Å². The molecule has 0 radical (unpaired) electrons. The van der Waals surface area contributed by atoms with Crippen molar-refractivity contribution in [2.24, 2.45) is 5.10 Å². The smallest absolute Gasteiger partial charge is 0.100 e. The zero-order valence-electron chi connectivity index (χ0n) is 13.9. The summed E-state index contributed by atoms with van der Waals surface area (Å²) in [6.07, 6.45) is 11.9. The molecule has 0 aromatic carbocycles. The molecule has 0 N–H and O–H groups in total. The van der Waals surface area contributed by atoms with E-state index in [2.05, 4.69) is 11.9 Å². The van der Waals surface area contributed by atoms with Gasteiger partial charge < -0.3 is 9.47 Å². The maximum Gasteiger partial charge on any atom is 0.100 e. The van der Waals surface area contributed by atoms with Gasteiger partial charge in [0.05, 0.1) is 25.0 Å². The Kier molecular flexibility index (Phi) is 7.51. The second-order valence-corrected chi connectivity index (χ2v) is 6.36. The number of methoxy groups -OCH3 is 1. The van der Waals surface area contributed by atoms with Gasteiger partial charge in [-0.25, -0.2) is 0 Å². The lowest BCUT2D eigenvalue weighted by atomic mass is 10.0. The molecule has 0 unspecified atom stereocenters. The number of rotatable bonds is 10. The van der Waals surface area contributed by atoms with Crippen LogP contribution in [-0.2, 0) is 9.47 Å². The molecular weight excluding hydrogens is 264 g/mol. The highest BCUT2D eigenvalue weighted by molar-refractivity contribution is 5.93. The first-order chi connectivity index (χ1) is 10.3. The van der Waals surface area contributed by atoms with Crippen LogP contribution in [0.15, 0.2) is 5.10 Å². The van der Waals surface area contributed by atoms with Gasteiger partial charge in [-0.1, -0.05) is 45.4 Å². The molecule has 0 aliphatic carbocycles. The Labute approximate surface area is 129 Å². The highest BCUT2D eigenvalue weighted by Gasteiger charge is 2.30. The van der Waals surface area contributed by atoms with E-state index < -0.39 is 0 Å². The Morgan fingerprint density at radius 1 is 1.24 bits per heavy atom. The molecule has 4 nitrogen and oxygen atoms in total. The summed E-state index contributed by atoms with van der Waals surface area (Å²) in [7, 11) is 1.78. The molecule has 4 heteroatoms. The molecule has 2 saturated heterocycles. The summed E-state index contributed by atoms with van der Waals surface area (Å²) in [6.45, 7) is 4.86. The van der Waals surface area contributed by atoms with Crippen LogP contribution in [0.5, 0.6) is 0 Å². The molecule has 0 aromatic rings. The van der Waals surface area contributed by atoms with Crippen molar-refractivity contribution in [2.75, 3.05) is 26.9 Å². The van der Waals surface area contributed by atoms with Gasteiger partial charge in [-0.15, -0.1) is 0 Å². The maximum absolute atomic E-state index is 5.69. The molecule has 2 aliphatic rings. The number of hydrazone groups is 1. The summed E-state index contributed by atoms with van der Waals surface area (Å²) >= 11 is 0. The number of unbranched alkanes of at least 4 members (excludes halogenated alkanes) is 5. The lowest BCUT2D eigenvalue weighted by Gasteiger charge is -2.32. The van der Waals surface area contributed by atoms with E-state index in [0.717, 1.165) is 26.2 Å². The molecule has 2 atom stereocenters. The highest BCUT2D eigenvalue weighted by atomic mass is 16.5. The fraction of sp³-hybridized carbons (Fsp3) is 0.941. The standard InChI is InChI=1S/C17H32N2O2/c1-3-4-5-6-7-8-11-17-16(14-21-17)18-19-12-9-10-15(19)13-20-2/h15,17H,3-14H2,1-2H3/b18-16+/t15-,17-/m0/s1. The van der Waals surface area contributed by atoms with Crippen LogP contribution in [0.3, 0.4) is 0 Å². The molecule has 2 heterocycles. The van der Waals surface area contributed by atoms with Crippen molar-refractivity contribution in [1.29, 1.82) is 0 Å². The quantitative estimate of drug-likeness (QED) is 0.578. The molecule has 0 spiro atoms. The Hall–Kier alpha value is -0.610. The zero-order chi connectivity index (χ0) is 14.9. The van der Waals surface area contributed by atoms with E-state index in [1.807, 2.05) is 0 Å². The molecule has 122 valence electrons. The van der Waals surface area contributed by atoms with E-state index in [9.17, 15) is 0 Å². The van der Waals surface area contributed by atoms with Gasteiger partial charge in [0.2, 0.25) is 0 Å². The van der Waals surface area contributed by atoms with Crippen LogP contribution < -0.4 is 0 Å². The summed E-state index contributed by atoms with van der Waals surface area (Å²) in [5.41, 5.74) is 1.26. The predicted octanol–water partition coefficient (Wildman–Crippen LogP) is 3.60. The second-order valence-electron chi connectivity index (χ2n) is 6.36. The first-order valence-electron chi connectivity index (χ1n) is 8.79. The van der Waals surface area contributed by atoms with Crippen LogP contribution in [0.4, 0.5) is 0 Å². The van der Waals surface area contributed by atoms with Gasteiger partial charge in [-0.3, -0.25) is 5.01 Å². The van der Waals surface area contributed by atoms with Crippen molar-refractivity contribution in [3.63, 3.8) is 0 Å². The minimum atomic E-state index is 0.292. The zero-order valence-corrected chi connectivity index (χ0v) is 13.9. The minimum Gasteiger partial charge on any atom is -0.382 e. The molecule has 0 aromatic heterocycles. The van der Waals surface area contributed by atoms with Crippen LogP contribution in [-0.4, -0.2) is 49.7 Å². The third-order valence-corrected chi connectivity index (χ3v) is 4.59. The number of nitrogens with zero attached hydrogens (tertiary/aromatic N) is 2. The second kappa shape index (κ2) is 9.42. The van der Waals surface area contributed by atoms with Gasteiger partial charge in [0.15, 0.2) is 0 Å². The minimum absolute atomic E-state index is 0.292. The largest absolute Gasteiger partial charge is 0.382 e. The number of hydrogen-bond acceptors (Lipinski definition) is 4. The fourth-order valence-corrected chi connectivity index (χ4v) is 3.21. The van der Waals surface area contributed by atoms with Gasteiger partial charge in [-0.2, -0.15) is 5.10 Å². The Balaban J connectivity index is 1.65. The molecule has 2 rings (SSSR count). The van der Waals surface area contributed by atoms with Crippen LogP contribution in [0.1, 0.15) is 64.7 Å². The fourth-order valence-electron chi connectivity index (χ4n) is 3.21. The number of hydrogen-bond donors (Lipinski definition) is 0. The molecule has 0 bridgehead atoms. The molecule has 2 fully saturated rings. The lowest BCUT2D eigenvalue weighted by Crippen LogP contribution is -2.43. The van der Waals surface area contributed by atoms with E-state index in [-0.39, 0.29) is 0 Å². The topological polar surface area (TPSA) is 34.1 Å². The molecule has 0 saturated carbocycles. The van der Waals surface area contributed by atoms with E-state index >= 15 is 0 Å².